The highest BCUT2D eigenvalue weighted by molar-refractivity contribution is 5.43. The molecule has 0 radical (unpaired) electrons. The maximum Gasteiger partial charge on any atom is 0.122 e. The maximum absolute atomic E-state index is 10.7. The summed E-state index contributed by atoms with van der Waals surface area (Å²) in [5, 5.41) is 21.0. The molecule has 0 saturated heterocycles. The normalized spacial score (nSPS) is 28.5. The van der Waals surface area contributed by atoms with Gasteiger partial charge in [0.2, 0.25) is 0 Å². The highest BCUT2D eigenvalue weighted by Crippen LogP contribution is 2.48. The van der Waals surface area contributed by atoms with Crippen LogP contribution in [0.15, 0.2) is 18.2 Å². The van der Waals surface area contributed by atoms with Crippen LogP contribution < -0.4 is 4.74 Å². The molecule has 0 bridgehead atoms. The molecule has 3 nitrogen and oxygen atoms in total. The summed E-state index contributed by atoms with van der Waals surface area (Å²) in [5.41, 5.74) is 2.77. The summed E-state index contributed by atoms with van der Waals surface area (Å²) in [6, 6.07) is 6.41. The first-order chi connectivity index (χ1) is 12.6. The number of fused-ring (bicyclic) bond motifs is 2. The van der Waals surface area contributed by atoms with Crippen molar-refractivity contribution in [2.75, 3.05) is 6.61 Å². The zero-order valence-corrected chi connectivity index (χ0v) is 16.5. The molecule has 0 amide bonds. The lowest BCUT2D eigenvalue weighted by atomic mass is 9.73. The summed E-state index contributed by atoms with van der Waals surface area (Å²) in [4.78, 5) is 0. The SMILES string of the molecule is CCCCC[C@H](O)CC[C@@H]1[C@H]2Cc3cccc(OCC)c3C[C@H]2C[C@H]1O. The Hall–Kier alpha value is -1.06. The molecule has 2 N–H and O–H groups in total. The molecule has 3 heteroatoms. The number of hydrogen-bond donors (Lipinski definition) is 2. The zero-order chi connectivity index (χ0) is 18.5. The molecule has 1 saturated carbocycles. The molecule has 26 heavy (non-hydrogen) atoms. The van der Waals surface area contributed by atoms with Crippen molar-refractivity contribution >= 4 is 0 Å². The number of rotatable bonds is 9. The van der Waals surface area contributed by atoms with E-state index in [0.29, 0.717) is 24.4 Å². The van der Waals surface area contributed by atoms with Crippen LogP contribution in [0.3, 0.4) is 0 Å². The molecule has 0 spiro atoms. The Balaban J connectivity index is 1.62. The fraction of sp³-hybridized carbons (Fsp3) is 0.739. The van der Waals surface area contributed by atoms with Crippen LogP contribution in [0.4, 0.5) is 0 Å². The van der Waals surface area contributed by atoms with Crippen molar-refractivity contribution < 1.29 is 14.9 Å². The van der Waals surface area contributed by atoms with Gasteiger partial charge in [0.05, 0.1) is 18.8 Å². The summed E-state index contributed by atoms with van der Waals surface area (Å²) in [5.74, 6) is 2.48. The van der Waals surface area contributed by atoms with Crippen molar-refractivity contribution in [3.05, 3.63) is 29.3 Å². The van der Waals surface area contributed by atoms with Gasteiger partial charge in [-0.2, -0.15) is 0 Å². The number of aliphatic hydroxyl groups excluding tert-OH is 2. The molecule has 1 fully saturated rings. The van der Waals surface area contributed by atoms with Gasteiger partial charge < -0.3 is 14.9 Å². The van der Waals surface area contributed by atoms with Gasteiger partial charge in [-0.05, 0) is 80.4 Å². The minimum absolute atomic E-state index is 0.201. The Kier molecular flexibility index (Phi) is 6.99. The van der Waals surface area contributed by atoms with Gasteiger partial charge >= 0.3 is 0 Å². The molecule has 2 aliphatic rings. The average Bonchev–Trinajstić information content (AvgIpc) is 2.93. The number of ether oxygens (including phenoxy) is 1. The number of hydrogen-bond acceptors (Lipinski definition) is 3. The molecular formula is C23H36O3. The van der Waals surface area contributed by atoms with Crippen molar-refractivity contribution in [2.45, 2.75) is 83.8 Å². The Morgan fingerprint density at radius 3 is 2.77 bits per heavy atom. The molecule has 3 rings (SSSR count). The topological polar surface area (TPSA) is 49.7 Å². The quantitative estimate of drug-likeness (QED) is 0.637. The van der Waals surface area contributed by atoms with E-state index in [1.807, 2.05) is 6.92 Å². The molecular weight excluding hydrogens is 324 g/mol. The molecule has 0 heterocycles. The van der Waals surface area contributed by atoms with E-state index >= 15 is 0 Å². The van der Waals surface area contributed by atoms with Crippen LogP contribution in [0, 0.1) is 17.8 Å². The third-order valence-electron chi connectivity index (χ3n) is 6.62. The van der Waals surface area contributed by atoms with E-state index in [-0.39, 0.29) is 12.2 Å². The fourth-order valence-electron chi connectivity index (χ4n) is 5.25. The molecule has 1 aromatic rings. The van der Waals surface area contributed by atoms with Gasteiger partial charge in [0.1, 0.15) is 5.75 Å². The lowest BCUT2D eigenvalue weighted by Gasteiger charge is -2.32. The Labute approximate surface area is 158 Å². The number of unbranched alkanes of at least 4 members (excludes halogenated alkanes) is 2. The van der Waals surface area contributed by atoms with Crippen LogP contribution >= 0.6 is 0 Å². The highest BCUT2D eigenvalue weighted by atomic mass is 16.5. The van der Waals surface area contributed by atoms with Gasteiger partial charge in [-0.3, -0.25) is 0 Å². The average molecular weight is 361 g/mol. The zero-order valence-electron chi connectivity index (χ0n) is 16.5. The summed E-state index contributed by atoms with van der Waals surface area (Å²) in [7, 11) is 0. The second-order valence-electron chi connectivity index (χ2n) is 8.35. The van der Waals surface area contributed by atoms with Crippen molar-refractivity contribution in [3.63, 3.8) is 0 Å². The van der Waals surface area contributed by atoms with Crippen molar-refractivity contribution in [3.8, 4) is 5.75 Å². The van der Waals surface area contributed by atoms with Crippen LogP contribution in [0.1, 0.15) is 69.9 Å². The van der Waals surface area contributed by atoms with Crippen molar-refractivity contribution in [2.24, 2.45) is 17.8 Å². The lowest BCUT2D eigenvalue weighted by Crippen LogP contribution is -2.28. The molecule has 146 valence electrons. The van der Waals surface area contributed by atoms with E-state index in [2.05, 4.69) is 25.1 Å². The van der Waals surface area contributed by atoms with E-state index in [9.17, 15) is 10.2 Å². The summed E-state index contributed by atoms with van der Waals surface area (Å²) in [6.07, 6.45) is 8.78. The van der Waals surface area contributed by atoms with Gasteiger partial charge in [-0.15, -0.1) is 0 Å². The standard InChI is InChI=1S/C23H36O3/c1-3-5-6-9-18(24)11-12-19-20-13-16-8-7-10-23(26-4-2)21(16)14-17(20)15-22(19)25/h7-8,10,17-20,22,24-25H,3-6,9,11-15H2,1-2H3/t17-,18-,19+,20-,22+/m0/s1. The van der Waals surface area contributed by atoms with E-state index in [1.165, 1.54) is 24.0 Å². The molecule has 0 unspecified atom stereocenters. The summed E-state index contributed by atoms with van der Waals surface area (Å²) < 4.78 is 5.84. The lowest BCUT2D eigenvalue weighted by molar-refractivity contribution is 0.0869. The maximum atomic E-state index is 10.7. The first-order valence-electron chi connectivity index (χ1n) is 10.7. The molecule has 0 aromatic heterocycles. The van der Waals surface area contributed by atoms with Crippen molar-refractivity contribution in [1.82, 2.24) is 0 Å². The highest BCUT2D eigenvalue weighted by Gasteiger charge is 2.44. The smallest absolute Gasteiger partial charge is 0.122 e. The first kappa shape index (κ1) is 19.7. The van der Waals surface area contributed by atoms with E-state index in [4.69, 9.17) is 4.74 Å². The molecule has 2 aliphatic carbocycles. The van der Waals surface area contributed by atoms with Crippen LogP contribution in [0.25, 0.3) is 0 Å². The van der Waals surface area contributed by atoms with Crippen LogP contribution in [-0.4, -0.2) is 29.0 Å². The van der Waals surface area contributed by atoms with E-state index in [0.717, 1.165) is 50.7 Å². The van der Waals surface area contributed by atoms with Gasteiger partial charge in [0.25, 0.3) is 0 Å². The van der Waals surface area contributed by atoms with Gasteiger partial charge in [-0.1, -0.05) is 38.3 Å². The predicted molar refractivity (Wildman–Crippen MR) is 105 cm³/mol. The van der Waals surface area contributed by atoms with Crippen LogP contribution in [0.5, 0.6) is 5.75 Å². The third kappa shape index (κ3) is 4.43. The molecule has 1 aromatic carbocycles. The van der Waals surface area contributed by atoms with Gasteiger partial charge in [-0.25, -0.2) is 0 Å². The number of benzene rings is 1. The van der Waals surface area contributed by atoms with E-state index in [1.54, 1.807) is 0 Å². The Bertz CT molecular complexity index is 571. The second-order valence-corrected chi connectivity index (χ2v) is 8.35. The summed E-state index contributed by atoms with van der Waals surface area (Å²) in [6.45, 7) is 4.93. The first-order valence-corrected chi connectivity index (χ1v) is 10.7. The minimum Gasteiger partial charge on any atom is -0.494 e. The predicted octanol–water partition coefficient (Wildman–Crippen LogP) is 4.52. The second kappa shape index (κ2) is 9.23. The Morgan fingerprint density at radius 2 is 2.00 bits per heavy atom. The molecule has 5 atom stereocenters. The third-order valence-corrected chi connectivity index (χ3v) is 6.62. The van der Waals surface area contributed by atoms with Crippen LogP contribution in [-0.2, 0) is 12.8 Å². The fourth-order valence-corrected chi connectivity index (χ4v) is 5.25. The molecule has 0 aliphatic heterocycles. The van der Waals surface area contributed by atoms with E-state index < -0.39 is 0 Å². The van der Waals surface area contributed by atoms with Crippen molar-refractivity contribution in [1.29, 1.82) is 0 Å². The number of aliphatic hydroxyl groups is 2. The summed E-state index contributed by atoms with van der Waals surface area (Å²) >= 11 is 0. The Morgan fingerprint density at radius 1 is 1.15 bits per heavy atom. The monoisotopic (exact) mass is 360 g/mol. The van der Waals surface area contributed by atoms with Crippen LogP contribution in [0.2, 0.25) is 0 Å². The van der Waals surface area contributed by atoms with Gasteiger partial charge in [0.15, 0.2) is 0 Å². The largest absolute Gasteiger partial charge is 0.494 e. The minimum atomic E-state index is -0.210. The van der Waals surface area contributed by atoms with Gasteiger partial charge in [0, 0.05) is 0 Å².